The van der Waals surface area contributed by atoms with Gasteiger partial charge in [0.25, 0.3) is 0 Å². The molecule has 0 radical (unpaired) electrons. The van der Waals surface area contributed by atoms with E-state index in [2.05, 4.69) is 25.6 Å². The molecule has 0 fully saturated rings. The number of nitrogens with zero attached hydrogens (tertiary/aromatic N) is 1. The van der Waals surface area contributed by atoms with Crippen LogP contribution < -0.4 is 15.2 Å². The summed E-state index contributed by atoms with van der Waals surface area (Å²) in [5, 5.41) is 0. The summed E-state index contributed by atoms with van der Waals surface area (Å²) in [6.45, 7) is 0.0448. The quantitative estimate of drug-likeness (QED) is 0.599. The molecule has 1 aromatic heterocycles. The molecule has 0 unspecified atom stereocenters. The molecule has 21 heavy (non-hydrogen) atoms. The summed E-state index contributed by atoms with van der Waals surface area (Å²) in [6, 6.07) is 10.0. The van der Waals surface area contributed by atoms with Crippen molar-refractivity contribution in [2.24, 2.45) is 0 Å². The van der Waals surface area contributed by atoms with Crippen molar-refractivity contribution in [3.8, 4) is 5.75 Å². The molecule has 2 aromatic rings. The summed E-state index contributed by atoms with van der Waals surface area (Å²) in [7, 11) is -3.48. The molecule has 6 nitrogen and oxygen atoms in total. The predicted molar refractivity (Wildman–Crippen MR) is 85.7 cm³/mol. The Morgan fingerprint density at radius 2 is 1.90 bits per heavy atom. The van der Waals surface area contributed by atoms with Crippen molar-refractivity contribution in [1.82, 2.24) is 4.98 Å². The molecule has 0 saturated heterocycles. The first-order valence-corrected chi connectivity index (χ1v) is 8.49. The van der Waals surface area contributed by atoms with Crippen LogP contribution in [-0.2, 0) is 10.0 Å². The lowest BCUT2D eigenvalue weighted by molar-refractivity contribution is 0.341. The number of benzene rings is 1. The third-order valence-corrected chi connectivity index (χ3v) is 4.22. The number of rotatable bonds is 6. The van der Waals surface area contributed by atoms with E-state index in [9.17, 15) is 8.42 Å². The second kappa shape index (κ2) is 6.77. The van der Waals surface area contributed by atoms with Gasteiger partial charge in [0.2, 0.25) is 10.0 Å². The summed E-state index contributed by atoms with van der Waals surface area (Å²) in [5.41, 5.74) is 6.58. The number of ether oxygens (including phenoxy) is 1. The maximum atomic E-state index is 11.9. The molecule has 2 rings (SSSR count). The van der Waals surface area contributed by atoms with Gasteiger partial charge in [-0.15, -0.1) is 0 Å². The number of nitrogens with one attached hydrogen (secondary N) is 1. The van der Waals surface area contributed by atoms with E-state index in [4.69, 9.17) is 10.5 Å². The minimum Gasteiger partial charge on any atom is -0.492 e. The van der Waals surface area contributed by atoms with Gasteiger partial charge in [-0.05, 0) is 52.3 Å². The molecular formula is C13H14BrN3O3S. The Hall–Kier alpha value is -1.80. The Bertz CT molecular complexity index is 688. The van der Waals surface area contributed by atoms with Crippen molar-refractivity contribution < 1.29 is 13.2 Å². The highest BCUT2D eigenvalue weighted by molar-refractivity contribution is 9.10. The average Bonchev–Trinajstić information content (AvgIpc) is 2.43. The molecular weight excluding hydrogens is 358 g/mol. The highest BCUT2D eigenvalue weighted by Gasteiger charge is 2.11. The van der Waals surface area contributed by atoms with E-state index in [1.807, 2.05) is 0 Å². The maximum absolute atomic E-state index is 11.9. The monoisotopic (exact) mass is 371 g/mol. The van der Waals surface area contributed by atoms with Crippen molar-refractivity contribution in [1.29, 1.82) is 0 Å². The third-order valence-electron chi connectivity index (χ3n) is 2.50. The molecule has 0 spiro atoms. The second-order valence-corrected chi connectivity index (χ2v) is 6.86. The minimum atomic E-state index is -3.48. The number of halogens is 1. The molecule has 0 amide bonds. The Morgan fingerprint density at radius 3 is 2.52 bits per heavy atom. The summed E-state index contributed by atoms with van der Waals surface area (Å²) in [6.07, 6.45) is 1.43. The van der Waals surface area contributed by atoms with Crippen molar-refractivity contribution in [3.63, 3.8) is 0 Å². The number of hydrogen-bond donors (Lipinski definition) is 2. The molecule has 0 saturated carbocycles. The van der Waals surface area contributed by atoms with Gasteiger partial charge in [-0.1, -0.05) is 0 Å². The van der Waals surface area contributed by atoms with Crippen LogP contribution in [0.5, 0.6) is 5.75 Å². The van der Waals surface area contributed by atoms with E-state index in [-0.39, 0.29) is 12.4 Å². The fourth-order valence-corrected chi connectivity index (χ4v) is 2.62. The van der Waals surface area contributed by atoms with E-state index < -0.39 is 10.0 Å². The molecule has 3 N–H and O–H groups in total. The molecule has 1 heterocycles. The average molecular weight is 372 g/mol. The number of hydrogen-bond acceptors (Lipinski definition) is 5. The minimum absolute atomic E-state index is 0.0448. The third kappa shape index (κ3) is 5.24. The van der Waals surface area contributed by atoms with Crippen LogP contribution in [0.25, 0.3) is 0 Å². The Kier molecular flexibility index (Phi) is 5.03. The predicted octanol–water partition coefficient (Wildman–Crippen LogP) is 2.25. The number of sulfonamides is 1. The van der Waals surface area contributed by atoms with E-state index in [0.717, 1.165) is 0 Å². The van der Waals surface area contributed by atoms with Crippen molar-refractivity contribution in [2.75, 3.05) is 22.8 Å². The van der Waals surface area contributed by atoms with Gasteiger partial charge in [0.1, 0.15) is 22.7 Å². The summed E-state index contributed by atoms with van der Waals surface area (Å²) in [5.74, 6) is 0.415. The van der Waals surface area contributed by atoms with E-state index >= 15 is 0 Å². The first-order chi connectivity index (χ1) is 9.94. The van der Waals surface area contributed by atoms with Crippen LogP contribution in [0.3, 0.4) is 0 Å². The number of nitrogen functional groups attached to an aromatic ring is 1. The van der Waals surface area contributed by atoms with Gasteiger partial charge in [0.05, 0.1) is 11.9 Å². The molecule has 112 valence electrons. The molecule has 1 aromatic carbocycles. The first-order valence-electron chi connectivity index (χ1n) is 6.05. The lowest BCUT2D eigenvalue weighted by Crippen LogP contribution is -2.21. The summed E-state index contributed by atoms with van der Waals surface area (Å²) < 4.78 is 32.2. The smallest absolute Gasteiger partial charge is 0.236 e. The van der Waals surface area contributed by atoms with E-state index in [0.29, 0.717) is 21.7 Å². The van der Waals surface area contributed by atoms with Gasteiger partial charge in [0, 0.05) is 5.69 Å². The van der Waals surface area contributed by atoms with Crippen LogP contribution >= 0.6 is 15.9 Å². The molecule has 0 aliphatic carbocycles. The highest BCUT2D eigenvalue weighted by atomic mass is 79.9. The number of aromatic nitrogens is 1. The summed E-state index contributed by atoms with van der Waals surface area (Å²) in [4.78, 5) is 3.95. The standard InChI is InChI=1S/C13H14BrN3O3S/c14-13-6-3-11(9-16-13)17-21(18,19)8-7-20-12-4-1-10(15)2-5-12/h1-6,9,17H,7-8,15H2. The van der Waals surface area contributed by atoms with Crippen LogP contribution in [0.2, 0.25) is 0 Å². The van der Waals surface area contributed by atoms with Crippen molar-refractivity contribution in [3.05, 3.63) is 47.2 Å². The SMILES string of the molecule is Nc1ccc(OCCS(=O)(=O)Nc2ccc(Br)nc2)cc1. The molecule has 0 bridgehead atoms. The zero-order valence-electron chi connectivity index (χ0n) is 11.0. The van der Waals surface area contributed by atoms with E-state index in [1.165, 1.54) is 6.20 Å². The normalized spacial score (nSPS) is 11.1. The van der Waals surface area contributed by atoms with Crippen LogP contribution in [0.1, 0.15) is 0 Å². The van der Waals surface area contributed by atoms with Gasteiger partial charge in [-0.3, -0.25) is 4.72 Å². The van der Waals surface area contributed by atoms with Gasteiger partial charge in [0.15, 0.2) is 0 Å². The zero-order valence-corrected chi connectivity index (χ0v) is 13.4. The molecule has 8 heteroatoms. The van der Waals surface area contributed by atoms with Crippen LogP contribution in [0.15, 0.2) is 47.2 Å². The maximum Gasteiger partial charge on any atom is 0.236 e. The van der Waals surface area contributed by atoms with Gasteiger partial charge >= 0.3 is 0 Å². The number of nitrogens with two attached hydrogens (primary N) is 1. The fourth-order valence-electron chi connectivity index (χ4n) is 1.50. The Balaban J connectivity index is 1.86. The zero-order chi connectivity index (χ0) is 15.3. The van der Waals surface area contributed by atoms with Gasteiger partial charge in [-0.25, -0.2) is 13.4 Å². The van der Waals surface area contributed by atoms with Crippen molar-refractivity contribution in [2.45, 2.75) is 0 Å². The second-order valence-electron chi connectivity index (χ2n) is 4.21. The van der Waals surface area contributed by atoms with Crippen molar-refractivity contribution >= 4 is 37.3 Å². The van der Waals surface area contributed by atoms with Gasteiger partial charge in [-0.2, -0.15) is 0 Å². The van der Waals surface area contributed by atoms with Crippen LogP contribution in [0.4, 0.5) is 11.4 Å². The summed E-state index contributed by atoms with van der Waals surface area (Å²) >= 11 is 3.18. The van der Waals surface area contributed by atoms with E-state index in [1.54, 1.807) is 36.4 Å². The number of pyridine rings is 1. The molecule has 0 aliphatic rings. The Morgan fingerprint density at radius 1 is 1.19 bits per heavy atom. The van der Waals surface area contributed by atoms with Crippen LogP contribution in [0, 0.1) is 0 Å². The topological polar surface area (TPSA) is 94.3 Å². The fraction of sp³-hybridized carbons (Fsp3) is 0.154. The lowest BCUT2D eigenvalue weighted by Gasteiger charge is -2.09. The van der Waals surface area contributed by atoms with Gasteiger partial charge < -0.3 is 10.5 Å². The lowest BCUT2D eigenvalue weighted by atomic mass is 10.3. The molecule has 0 aliphatic heterocycles. The highest BCUT2D eigenvalue weighted by Crippen LogP contribution is 2.14. The Labute approximate surface area is 131 Å². The first kappa shape index (κ1) is 15.6. The largest absolute Gasteiger partial charge is 0.492 e. The number of anilines is 2. The van der Waals surface area contributed by atoms with Crippen LogP contribution in [-0.4, -0.2) is 25.8 Å². The molecule has 0 atom stereocenters.